The molecule has 0 bridgehead atoms. The van der Waals surface area contributed by atoms with Gasteiger partial charge in [0.05, 0.1) is 19.8 Å². The molecule has 25 heavy (non-hydrogen) atoms. The first-order valence-corrected chi connectivity index (χ1v) is 9.16. The number of benzene rings is 1. The summed E-state index contributed by atoms with van der Waals surface area (Å²) < 4.78 is 5.47. The molecule has 0 aromatic heterocycles. The quantitative estimate of drug-likeness (QED) is 0.864. The molecule has 6 nitrogen and oxygen atoms in total. The number of carbonyl (C=O) groups is 1. The van der Waals surface area contributed by atoms with Crippen LogP contribution in [0.1, 0.15) is 5.56 Å². The predicted molar refractivity (Wildman–Crippen MR) is 97.8 cm³/mol. The predicted octanol–water partition coefficient (Wildman–Crippen LogP) is 0.584. The van der Waals surface area contributed by atoms with Gasteiger partial charge in [-0.25, -0.2) is 0 Å². The third kappa shape index (κ3) is 4.93. The molecule has 138 valence electrons. The van der Waals surface area contributed by atoms with Crippen LogP contribution in [0.5, 0.6) is 0 Å². The number of hydrogen-bond acceptors (Lipinski definition) is 5. The van der Waals surface area contributed by atoms with Crippen LogP contribution < -0.4 is 4.90 Å². The number of aliphatic hydroxyl groups is 1. The summed E-state index contributed by atoms with van der Waals surface area (Å²) in [6, 6.07) is 8.58. The number of ether oxygens (including phenoxy) is 1. The molecule has 2 aliphatic rings. The molecule has 1 aromatic rings. The van der Waals surface area contributed by atoms with Gasteiger partial charge in [-0.3, -0.25) is 9.69 Å². The van der Waals surface area contributed by atoms with Gasteiger partial charge in [-0.1, -0.05) is 12.1 Å². The summed E-state index contributed by atoms with van der Waals surface area (Å²) >= 11 is 0. The van der Waals surface area contributed by atoms with Crippen LogP contribution in [0.25, 0.3) is 0 Å². The molecule has 0 saturated carbocycles. The van der Waals surface area contributed by atoms with Crippen molar-refractivity contribution in [2.45, 2.75) is 6.92 Å². The lowest BCUT2D eigenvalue weighted by Crippen LogP contribution is -2.50. The molecule has 0 spiro atoms. The van der Waals surface area contributed by atoms with Crippen LogP contribution in [-0.4, -0.2) is 86.4 Å². The maximum Gasteiger partial charge on any atom is 0.236 e. The van der Waals surface area contributed by atoms with Gasteiger partial charge < -0.3 is 19.6 Å². The van der Waals surface area contributed by atoms with Gasteiger partial charge in [-0.05, 0) is 24.6 Å². The minimum absolute atomic E-state index is 0.0321. The Kier molecular flexibility index (Phi) is 6.29. The first kappa shape index (κ1) is 18.2. The molecular weight excluding hydrogens is 318 g/mol. The van der Waals surface area contributed by atoms with E-state index >= 15 is 0 Å². The molecule has 6 heteroatoms. The Balaban J connectivity index is 1.49. The molecule has 0 radical (unpaired) electrons. The standard InChI is InChI=1S/C19H29N3O3/c1-16-3-2-4-18(11-16)21-7-5-20(6-8-21)13-19(24)22-9-10-25-15-17(12-22)14-23/h2-4,11,17,23H,5-10,12-15H2,1H3. The Bertz CT molecular complexity index is 573. The smallest absolute Gasteiger partial charge is 0.236 e. The number of nitrogens with zero attached hydrogens (tertiary/aromatic N) is 3. The van der Waals surface area contributed by atoms with E-state index in [1.54, 1.807) is 0 Å². The van der Waals surface area contributed by atoms with Crippen LogP contribution in [0.2, 0.25) is 0 Å². The Labute approximate surface area is 150 Å². The highest BCUT2D eigenvalue weighted by Crippen LogP contribution is 2.18. The van der Waals surface area contributed by atoms with Crippen molar-refractivity contribution in [2.75, 3.05) is 70.5 Å². The van der Waals surface area contributed by atoms with Gasteiger partial charge >= 0.3 is 0 Å². The van der Waals surface area contributed by atoms with Crippen molar-refractivity contribution in [3.05, 3.63) is 29.8 Å². The Morgan fingerprint density at radius 1 is 1.24 bits per heavy atom. The SMILES string of the molecule is Cc1cccc(N2CCN(CC(=O)N3CCOCC(CO)C3)CC2)c1. The zero-order valence-electron chi connectivity index (χ0n) is 15.1. The molecule has 1 N–H and O–H groups in total. The molecule has 2 heterocycles. The summed E-state index contributed by atoms with van der Waals surface area (Å²) in [4.78, 5) is 19.1. The molecular formula is C19H29N3O3. The molecule has 1 aromatic carbocycles. The van der Waals surface area contributed by atoms with Crippen molar-refractivity contribution in [2.24, 2.45) is 5.92 Å². The highest BCUT2D eigenvalue weighted by atomic mass is 16.5. The van der Waals surface area contributed by atoms with Gasteiger partial charge in [0.15, 0.2) is 0 Å². The molecule has 2 aliphatic heterocycles. The highest BCUT2D eigenvalue weighted by Gasteiger charge is 2.25. The summed E-state index contributed by atoms with van der Waals surface area (Å²) in [6.07, 6.45) is 0. The minimum Gasteiger partial charge on any atom is -0.396 e. The average molecular weight is 347 g/mol. The van der Waals surface area contributed by atoms with Crippen molar-refractivity contribution in [3.8, 4) is 0 Å². The van der Waals surface area contributed by atoms with Gasteiger partial charge in [0.1, 0.15) is 0 Å². The summed E-state index contributed by atoms with van der Waals surface area (Å²) in [5.74, 6) is 0.178. The first-order valence-electron chi connectivity index (χ1n) is 9.16. The zero-order valence-corrected chi connectivity index (χ0v) is 15.1. The number of carbonyl (C=O) groups excluding carboxylic acids is 1. The fraction of sp³-hybridized carbons (Fsp3) is 0.632. The number of piperazine rings is 1. The number of amides is 1. The topological polar surface area (TPSA) is 56.2 Å². The van der Waals surface area contributed by atoms with Crippen molar-refractivity contribution in [3.63, 3.8) is 0 Å². The van der Waals surface area contributed by atoms with Gasteiger partial charge in [0, 0.05) is 57.5 Å². The summed E-state index contributed by atoms with van der Waals surface area (Å²) in [5, 5.41) is 9.36. The minimum atomic E-state index is 0.0321. The molecule has 1 unspecified atom stereocenters. The number of aliphatic hydroxyl groups excluding tert-OH is 1. The van der Waals surface area contributed by atoms with E-state index in [1.807, 2.05) is 4.90 Å². The van der Waals surface area contributed by atoms with E-state index in [4.69, 9.17) is 4.74 Å². The van der Waals surface area contributed by atoms with Crippen LogP contribution in [0.3, 0.4) is 0 Å². The number of hydrogen-bond donors (Lipinski definition) is 1. The molecule has 2 saturated heterocycles. The Morgan fingerprint density at radius 2 is 2.04 bits per heavy atom. The molecule has 2 fully saturated rings. The van der Waals surface area contributed by atoms with Crippen molar-refractivity contribution in [1.29, 1.82) is 0 Å². The fourth-order valence-corrected chi connectivity index (χ4v) is 3.50. The highest BCUT2D eigenvalue weighted by molar-refractivity contribution is 5.78. The van der Waals surface area contributed by atoms with E-state index in [1.165, 1.54) is 11.3 Å². The summed E-state index contributed by atoms with van der Waals surface area (Å²) in [6.45, 7) is 8.64. The maximum atomic E-state index is 12.6. The second kappa shape index (κ2) is 8.65. The van der Waals surface area contributed by atoms with E-state index in [-0.39, 0.29) is 18.4 Å². The van der Waals surface area contributed by atoms with Crippen LogP contribution >= 0.6 is 0 Å². The van der Waals surface area contributed by atoms with Gasteiger partial charge in [0.25, 0.3) is 0 Å². The molecule has 1 amide bonds. The fourth-order valence-electron chi connectivity index (χ4n) is 3.50. The van der Waals surface area contributed by atoms with Crippen molar-refractivity contribution in [1.82, 2.24) is 9.80 Å². The normalized spacial score (nSPS) is 22.7. The lowest BCUT2D eigenvalue weighted by molar-refractivity contribution is -0.133. The van der Waals surface area contributed by atoms with Gasteiger partial charge in [-0.2, -0.15) is 0 Å². The average Bonchev–Trinajstić information content (AvgIpc) is 2.88. The first-order chi connectivity index (χ1) is 12.2. The van der Waals surface area contributed by atoms with Crippen molar-refractivity contribution >= 4 is 11.6 Å². The molecule has 1 atom stereocenters. The lowest BCUT2D eigenvalue weighted by atomic mass is 10.1. The Hall–Kier alpha value is -1.63. The third-order valence-corrected chi connectivity index (χ3v) is 5.05. The number of rotatable bonds is 4. The number of aryl methyl sites for hydroxylation is 1. The van der Waals surface area contributed by atoms with Gasteiger partial charge in [0.2, 0.25) is 5.91 Å². The van der Waals surface area contributed by atoms with E-state index in [2.05, 4.69) is 41.0 Å². The van der Waals surface area contributed by atoms with Gasteiger partial charge in [-0.15, -0.1) is 0 Å². The monoisotopic (exact) mass is 347 g/mol. The second-order valence-electron chi connectivity index (χ2n) is 7.07. The van der Waals surface area contributed by atoms with Crippen LogP contribution in [0, 0.1) is 12.8 Å². The van der Waals surface area contributed by atoms with E-state index < -0.39 is 0 Å². The largest absolute Gasteiger partial charge is 0.396 e. The van der Waals surface area contributed by atoms with Crippen LogP contribution in [0.4, 0.5) is 5.69 Å². The van der Waals surface area contributed by atoms with Crippen LogP contribution in [-0.2, 0) is 9.53 Å². The number of anilines is 1. The van der Waals surface area contributed by atoms with E-state index in [0.29, 0.717) is 32.8 Å². The molecule has 3 rings (SSSR count). The van der Waals surface area contributed by atoms with E-state index in [9.17, 15) is 9.90 Å². The summed E-state index contributed by atoms with van der Waals surface area (Å²) in [7, 11) is 0. The second-order valence-corrected chi connectivity index (χ2v) is 7.07. The van der Waals surface area contributed by atoms with Crippen molar-refractivity contribution < 1.29 is 14.6 Å². The summed E-state index contributed by atoms with van der Waals surface area (Å²) in [5.41, 5.74) is 2.54. The maximum absolute atomic E-state index is 12.6. The van der Waals surface area contributed by atoms with Crippen LogP contribution in [0.15, 0.2) is 24.3 Å². The zero-order chi connectivity index (χ0) is 17.6. The van der Waals surface area contributed by atoms with E-state index in [0.717, 1.165) is 26.2 Å². The third-order valence-electron chi connectivity index (χ3n) is 5.05. The lowest BCUT2D eigenvalue weighted by Gasteiger charge is -2.36. The molecule has 0 aliphatic carbocycles. The Morgan fingerprint density at radius 3 is 2.76 bits per heavy atom.